The standard InChI is InChI=1S/C20H33N/c1-15(2)13-21-14-20(18-7-5-6-8-18)12-19-11-16(3)9-10-17(19)4/h9-11,15,18,20-21H,5-8,12-14H2,1-4H3. The summed E-state index contributed by atoms with van der Waals surface area (Å²) in [6.45, 7) is 11.4. The Labute approximate surface area is 131 Å². The van der Waals surface area contributed by atoms with Crippen LogP contribution in [0.4, 0.5) is 0 Å². The average molecular weight is 287 g/mol. The lowest BCUT2D eigenvalue weighted by Crippen LogP contribution is -2.31. The van der Waals surface area contributed by atoms with Gasteiger partial charge in [0.05, 0.1) is 0 Å². The summed E-state index contributed by atoms with van der Waals surface area (Å²) >= 11 is 0. The van der Waals surface area contributed by atoms with Crippen LogP contribution in [0.5, 0.6) is 0 Å². The molecule has 1 saturated carbocycles. The average Bonchev–Trinajstić information content (AvgIpc) is 2.95. The molecule has 1 aliphatic carbocycles. The fourth-order valence-corrected chi connectivity index (χ4v) is 3.69. The second kappa shape index (κ2) is 7.98. The van der Waals surface area contributed by atoms with Crippen molar-refractivity contribution in [1.82, 2.24) is 5.32 Å². The second-order valence-corrected chi connectivity index (χ2v) is 7.49. The largest absolute Gasteiger partial charge is 0.316 e. The van der Waals surface area contributed by atoms with Crippen molar-refractivity contribution in [3.63, 3.8) is 0 Å². The molecule has 1 aliphatic rings. The van der Waals surface area contributed by atoms with Gasteiger partial charge in [0.25, 0.3) is 0 Å². The van der Waals surface area contributed by atoms with Crippen molar-refractivity contribution >= 4 is 0 Å². The van der Waals surface area contributed by atoms with Gasteiger partial charge >= 0.3 is 0 Å². The monoisotopic (exact) mass is 287 g/mol. The van der Waals surface area contributed by atoms with E-state index >= 15 is 0 Å². The van der Waals surface area contributed by atoms with Gasteiger partial charge in [-0.05, 0) is 62.2 Å². The van der Waals surface area contributed by atoms with E-state index in [0.29, 0.717) is 0 Å². The topological polar surface area (TPSA) is 12.0 Å². The van der Waals surface area contributed by atoms with Crippen LogP contribution in [0, 0.1) is 31.6 Å². The third-order valence-corrected chi connectivity index (χ3v) is 5.01. The Morgan fingerprint density at radius 1 is 1.10 bits per heavy atom. The molecule has 1 aromatic rings. The number of benzene rings is 1. The van der Waals surface area contributed by atoms with Gasteiger partial charge in [-0.15, -0.1) is 0 Å². The summed E-state index contributed by atoms with van der Waals surface area (Å²) in [5.41, 5.74) is 4.43. The molecule has 0 aromatic heterocycles. The Hall–Kier alpha value is -0.820. The molecule has 0 spiro atoms. The minimum absolute atomic E-state index is 0.745. The van der Waals surface area contributed by atoms with Gasteiger partial charge in [-0.3, -0.25) is 0 Å². The van der Waals surface area contributed by atoms with E-state index < -0.39 is 0 Å². The second-order valence-electron chi connectivity index (χ2n) is 7.49. The number of hydrogen-bond acceptors (Lipinski definition) is 1. The van der Waals surface area contributed by atoms with Crippen LogP contribution in [-0.2, 0) is 6.42 Å². The fourth-order valence-electron chi connectivity index (χ4n) is 3.69. The molecule has 2 rings (SSSR count). The van der Waals surface area contributed by atoms with Crippen LogP contribution < -0.4 is 5.32 Å². The van der Waals surface area contributed by atoms with Crippen molar-refractivity contribution in [2.45, 2.75) is 59.8 Å². The molecule has 1 aromatic carbocycles. The molecule has 1 atom stereocenters. The van der Waals surface area contributed by atoms with Crippen LogP contribution >= 0.6 is 0 Å². The van der Waals surface area contributed by atoms with Crippen LogP contribution in [0.25, 0.3) is 0 Å². The summed E-state index contributed by atoms with van der Waals surface area (Å²) in [7, 11) is 0. The van der Waals surface area contributed by atoms with Gasteiger partial charge < -0.3 is 5.32 Å². The van der Waals surface area contributed by atoms with E-state index in [9.17, 15) is 0 Å². The van der Waals surface area contributed by atoms with E-state index in [0.717, 1.165) is 24.3 Å². The van der Waals surface area contributed by atoms with E-state index in [4.69, 9.17) is 0 Å². The minimum Gasteiger partial charge on any atom is -0.316 e. The summed E-state index contributed by atoms with van der Waals surface area (Å²) < 4.78 is 0. The molecule has 0 amide bonds. The predicted molar refractivity (Wildman–Crippen MR) is 92.8 cm³/mol. The maximum absolute atomic E-state index is 3.72. The highest BCUT2D eigenvalue weighted by Crippen LogP contribution is 2.33. The molecule has 1 fully saturated rings. The van der Waals surface area contributed by atoms with Gasteiger partial charge in [0, 0.05) is 0 Å². The first-order chi connectivity index (χ1) is 10.1. The molecular formula is C20H33N. The van der Waals surface area contributed by atoms with E-state index in [1.54, 1.807) is 5.56 Å². The van der Waals surface area contributed by atoms with Crippen molar-refractivity contribution in [2.24, 2.45) is 17.8 Å². The Balaban J connectivity index is 2.01. The van der Waals surface area contributed by atoms with Crippen LogP contribution in [0.2, 0.25) is 0 Å². The highest BCUT2D eigenvalue weighted by Gasteiger charge is 2.25. The van der Waals surface area contributed by atoms with Crippen LogP contribution in [-0.4, -0.2) is 13.1 Å². The first-order valence-corrected chi connectivity index (χ1v) is 8.83. The van der Waals surface area contributed by atoms with Gasteiger partial charge in [0.15, 0.2) is 0 Å². The van der Waals surface area contributed by atoms with Gasteiger partial charge in [-0.25, -0.2) is 0 Å². The molecule has 1 heteroatoms. The maximum Gasteiger partial charge on any atom is -0.00146 e. The first-order valence-electron chi connectivity index (χ1n) is 8.83. The van der Waals surface area contributed by atoms with E-state index in [1.807, 2.05) is 0 Å². The lowest BCUT2D eigenvalue weighted by Gasteiger charge is -2.25. The summed E-state index contributed by atoms with van der Waals surface area (Å²) in [6.07, 6.45) is 7.03. The SMILES string of the molecule is Cc1ccc(C)c(CC(CNCC(C)C)C2CCCC2)c1. The van der Waals surface area contributed by atoms with E-state index in [2.05, 4.69) is 51.2 Å². The van der Waals surface area contributed by atoms with Gasteiger partial charge in [-0.2, -0.15) is 0 Å². The molecule has 118 valence electrons. The fraction of sp³-hybridized carbons (Fsp3) is 0.700. The lowest BCUT2D eigenvalue weighted by atomic mass is 9.84. The van der Waals surface area contributed by atoms with E-state index in [1.165, 1.54) is 49.8 Å². The first kappa shape index (κ1) is 16.5. The molecule has 1 unspecified atom stereocenters. The van der Waals surface area contributed by atoms with Gasteiger partial charge in [0.1, 0.15) is 0 Å². The Bertz CT molecular complexity index is 429. The molecule has 0 radical (unpaired) electrons. The van der Waals surface area contributed by atoms with Crippen molar-refractivity contribution in [3.05, 3.63) is 34.9 Å². The zero-order valence-corrected chi connectivity index (χ0v) is 14.4. The lowest BCUT2D eigenvalue weighted by molar-refractivity contribution is 0.315. The summed E-state index contributed by atoms with van der Waals surface area (Å²) in [6, 6.07) is 6.93. The number of hydrogen-bond donors (Lipinski definition) is 1. The quantitative estimate of drug-likeness (QED) is 0.752. The normalized spacial score (nSPS) is 17.6. The van der Waals surface area contributed by atoms with E-state index in [-0.39, 0.29) is 0 Å². The van der Waals surface area contributed by atoms with Crippen molar-refractivity contribution < 1.29 is 0 Å². The van der Waals surface area contributed by atoms with Crippen LogP contribution in [0.1, 0.15) is 56.2 Å². The van der Waals surface area contributed by atoms with Crippen LogP contribution in [0.3, 0.4) is 0 Å². The smallest absolute Gasteiger partial charge is 0.00146 e. The highest BCUT2D eigenvalue weighted by atomic mass is 14.9. The molecule has 0 saturated heterocycles. The van der Waals surface area contributed by atoms with Gasteiger partial charge in [-0.1, -0.05) is 63.3 Å². The van der Waals surface area contributed by atoms with Crippen LogP contribution in [0.15, 0.2) is 18.2 Å². The van der Waals surface area contributed by atoms with Gasteiger partial charge in [0.2, 0.25) is 0 Å². The zero-order chi connectivity index (χ0) is 15.2. The summed E-state index contributed by atoms with van der Waals surface area (Å²) in [5.74, 6) is 2.49. The van der Waals surface area contributed by atoms with Crippen molar-refractivity contribution in [1.29, 1.82) is 0 Å². The molecule has 1 nitrogen and oxygen atoms in total. The highest BCUT2D eigenvalue weighted by molar-refractivity contribution is 5.30. The third-order valence-electron chi connectivity index (χ3n) is 5.01. The molecule has 21 heavy (non-hydrogen) atoms. The Kier molecular flexibility index (Phi) is 6.29. The predicted octanol–water partition coefficient (Wildman–Crippen LogP) is 4.90. The molecule has 0 aliphatic heterocycles. The third kappa shape index (κ3) is 5.14. The van der Waals surface area contributed by atoms with Crippen molar-refractivity contribution in [3.8, 4) is 0 Å². The Morgan fingerprint density at radius 3 is 2.48 bits per heavy atom. The minimum atomic E-state index is 0.745. The van der Waals surface area contributed by atoms with Crippen molar-refractivity contribution in [2.75, 3.05) is 13.1 Å². The molecule has 1 N–H and O–H groups in total. The molecule has 0 heterocycles. The zero-order valence-electron chi connectivity index (χ0n) is 14.4. The number of rotatable bonds is 7. The number of nitrogens with one attached hydrogen (secondary N) is 1. The summed E-state index contributed by atoms with van der Waals surface area (Å²) in [5, 5.41) is 3.72. The molecular weight excluding hydrogens is 254 g/mol. The molecule has 0 bridgehead atoms. The maximum atomic E-state index is 3.72. The Morgan fingerprint density at radius 2 is 1.81 bits per heavy atom. The summed E-state index contributed by atoms with van der Waals surface area (Å²) in [4.78, 5) is 0. The number of aryl methyl sites for hydroxylation is 2.